The fourth-order valence-corrected chi connectivity index (χ4v) is 3.55. The van der Waals surface area contributed by atoms with Gasteiger partial charge in [0.1, 0.15) is 6.17 Å². The number of anilines is 1. The van der Waals surface area contributed by atoms with E-state index < -0.39 is 6.17 Å². The molecule has 7 heteroatoms. The Morgan fingerprint density at radius 1 is 1.50 bits per heavy atom. The second kappa shape index (κ2) is 6.66. The molecule has 1 aliphatic heterocycles. The Hall–Kier alpha value is -1.60. The van der Waals surface area contributed by atoms with Crippen LogP contribution in [0.2, 0.25) is 0 Å². The highest BCUT2D eigenvalue weighted by atomic mass is 32.1. The predicted molar refractivity (Wildman–Crippen MR) is 85.9 cm³/mol. The van der Waals surface area contributed by atoms with Gasteiger partial charge < -0.3 is 4.90 Å². The molecule has 118 valence electrons. The van der Waals surface area contributed by atoms with Crippen molar-refractivity contribution in [1.82, 2.24) is 20.1 Å². The van der Waals surface area contributed by atoms with E-state index in [1.54, 1.807) is 17.5 Å². The molecular weight excluding hydrogens is 301 g/mol. The highest BCUT2D eigenvalue weighted by Crippen LogP contribution is 2.26. The zero-order chi connectivity index (χ0) is 15.5. The second-order valence-corrected chi connectivity index (χ2v) is 6.84. The molecule has 0 amide bonds. The summed E-state index contributed by atoms with van der Waals surface area (Å²) >= 11 is 1.66. The standard InChI is InChI=1S/C15H20FN5S/c1-11-18-13(10-22-11)8-20(2)9-14-6-12(16)7-21(14)15-4-3-5-17-19-15/h3-5,10,12,14H,6-9H2,1-2H3/t12-,14-/m0/s1. The summed E-state index contributed by atoms with van der Waals surface area (Å²) in [6, 6.07) is 3.85. The SMILES string of the molecule is Cc1nc(CN(C)C[C@@H]2C[C@H](F)CN2c2cccnn2)cs1. The van der Waals surface area contributed by atoms with Crippen LogP contribution >= 0.6 is 11.3 Å². The first-order valence-corrected chi connectivity index (χ1v) is 8.27. The van der Waals surface area contributed by atoms with Crippen molar-refractivity contribution < 1.29 is 4.39 Å². The van der Waals surface area contributed by atoms with Gasteiger partial charge in [-0.15, -0.1) is 16.4 Å². The number of hydrogen-bond acceptors (Lipinski definition) is 6. The zero-order valence-corrected chi connectivity index (χ0v) is 13.6. The summed E-state index contributed by atoms with van der Waals surface area (Å²) in [5.41, 5.74) is 1.07. The van der Waals surface area contributed by atoms with Crippen molar-refractivity contribution in [3.8, 4) is 0 Å². The Bertz CT molecular complexity index is 605. The molecule has 2 aromatic heterocycles. The number of alkyl halides is 1. The third-order valence-electron chi connectivity index (χ3n) is 3.84. The Balaban J connectivity index is 1.64. The summed E-state index contributed by atoms with van der Waals surface area (Å²) in [5, 5.41) is 11.2. The smallest absolute Gasteiger partial charge is 0.151 e. The molecule has 0 saturated carbocycles. The molecule has 5 nitrogen and oxygen atoms in total. The maximum absolute atomic E-state index is 13.9. The molecule has 0 spiro atoms. The van der Waals surface area contributed by atoms with Crippen molar-refractivity contribution in [3.63, 3.8) is 0 Å². The van der Waals surface area contributed by atoms with Crippen LogP contribution in [0.5, 0.6) is 0 Å². The molecule has 0 aromatic carbocycles. The maximum atomic E-state index is 13.9. The van der Waals surface area contributed by atoms with Crippen LogP contribution in [0.1, 0.15) is 17.1 Å². The van der Waals surface area contributed by atoms with Crippen LogP contribution < -0.4 is 4.90 Å². The third-order valence-corrected chi connectivity index (χ3v) is 4.66. The zero-order valence-electron chi connectivity index (χ0n) is 12.8. The molecule has 2 atom stereocenters. The minimum atomic E-state index is -0.804. The van der Waals surface area contributed by atoms with Gasteiger partial charge in [0, 0.05) is 37.1 Å². The van der Waals surface area contributed by atoms with E-state index in [2.05, 4.69) is 32.5 Å². The molecule has 1 aliphatic rings. The molecule has 3 heterocycles. The van der Waals surface area contributed by atoms with Crippen LogP contribution in [-0.2, 0) is 6.54 Å². The van der Waals surface area contributed by atoms with Crippen molar-refractivity contribution >= 4 is 17.2 Å². The number of likely N-dealkylation sites (N-methyl/N-ethyl adjacent to an activating group) is 1. The van der Waals surface area contributed by atoms with Gasteiger partial charge in [0.15, 0.2) is 5.82 Å². The molecule has 0 bridgehead atoms. The molecular formula is C15H20FN5S. The Morgan fingerprint density at radius 3 is 3.05 bits per heavy atom. The maximum Gasteiger partial charge on any atom is 0.151 e. The molecule has 3 rings (SSSR count). The lowest BCUT2D eigenvalue weighted by molar-refractivity contribution is 0.287. The molecule has 0 aliphatic carbocycles. The summed E-state index contributed by atoms with van der Waals surface area (Å²) < 4.78 is 13.9. The van der Waals surface area contributed by atoms with E-state index in [0.29, 0.717) is 13.0 Å². The van der Waals surface area contributed by atoms with Gasteiger partial charge in [-0.3, -0.25) is 4.90 Å². The Labute approximate surface area is 133 Å². The molecule has 2 aromatic rings. The third kappa shape index (κ3) is 3.59. The fraction of sp³-hybridized carbons (Fsp3) is 0.533. The molecule has 1 saturated heterocycles. The van der Waals surface area contributed by atoms with Gasteiger partial charge in [-0.25, -0.2) is 9.37 Å². The highest BCUT2D eigenvalue weighted by molar-refractivity contribution is 7.09. The van der Waals surface area contributed by atoms with Gasteiger partial charge >= 0.3 is 0 Å². The largest absolute Gasteiger partial charge is 0.348 e. The monoisotopic (exact) mass is 321 g/mol. The van der Waals surface area contributed by atoms with E-state index in [-0.39, 0.29) is 6.04 Å². The van der Waals surface area contributed by atoms with Gasteiger partial charge in [0.05, 0.1) is 17.2 Å². The number of aromatic nitrogens is 3. The second-order valence-electron chi connectivity index (χ2n) is 5.78. The van der Waals surface area contributed by atoms with Crippen LogP contribution in [0.3, 0.4) is 0 Å². The highest BCUT2D eigenvalue weighted by Gasteiger charge is 2.33. The Morgan fingerprint density at radius 2 is 2.36 bits per heavy atom. The fourth-order valence-electron chi connectivity index (χ4n) is 2.94. The lowest BCUT2D eigenvalue weighted by Crippen LogP contribution is -2.39. The summed E-state index contributed by atoms with van der Waals surface area (Å²) in [6.07, 6.45) is 1.37. The number of hydrogen-bond donors (Lipinski definition) is 0. The van der Waals surface area contributed by atoms with E-state index in [1.165, 1.54) is 0 Å². The van der Waals surface area contributed by atoms with Crippen LogP contribution in [0.4, 0.5) is 10.2 Å². The summed E-state index contributed by atoms with van der Waals surface area (Å²) in [7, 11) is 2.05. The van der Waals surface area contributed by atoms with Gasteiger partial charge in [0.2, 0.25) is 0 Å². The molecule has 0 unspecified atom stereocenters. The lowest BCUT2D eigenvalue weighted by Gasteiger charge is -2.28. The molecule has 0 radical (unpaired) electrons. The van der Waals surface area contributed by atoms with E-state index >= 15 is 0 Å². The van der Waals surface area contributed by atoms with Crippen molar-refractivity contribution in [1.29, 1.82) is 0 Å². The topological polar surface area (TPSA) is 45.2 Å². The van der Waals surface area contributed by atoms with Crippen molar-refractivity contribution in [2.75, 3.05) is 25.0 Å². The number of nitrogens with zero attached hydrogens (tertiary/aromatic N) is 5. The van der Waals surface area contributed by atoms with E-state index in [9.17, 15) is 4.39 Å². The van der Waals surface area contributed by atoms with E-state index in [1.807, 2.05) is 24.0 Å². The first-order valence-electron chi connectivity index (χ1n) is 7.40. The Kier molecular flexibility index (Phi) is 4.63. The molecule has 22 heavy (non-hydrogen) atoms. The minimum Gasteiger partial charge on any atom is -0.348 e. The van der Waals surface area contributed by atoms with Gasteiger partial charge in [-0.1, -0.05) is 0 Å². The van der Waals surface area contributed by atoms with Crippen LogP contribution in [0.25, 0.3) is 0 Å². The predicted octanol–water partition coefficient (Wildman–Crippen LogP) is 2.29. The summed E-state index contributed by atoms with van der Waals surface area (Å²) in [6.45, 7) is 3.97. The molecule has 0 N–H and O–H groups in total. The minimum absolute atomic E-state index is 0.122. The van der Waals surface area contributed by atoms with Crippen molar-refractivity contribution in [2.24, 2.45) is 0 Å². The number of aryl methyl sites for hydroxylation is 1. The number of rotatable bonds is 5. The molecule has 1 fully saturated rings. The van der Waals surface area contributed by atoms with Gasteiger partial charge in [-0.2, -0.15) is 5.10 Å². The summed E-state index contributed by atoms with van der Waals surface area (Å²) in [5.74, 6) is 0.755. The first kappa shape index (κ1) is 15.3. The van der Waals surface area contributed by atoms with E-state index in [0.717, 1.165) is 29.6 Å². The average Bonchev–Trinajstić information content (AvgIpc) is 3.06. The first-order chi connectivity index (χ1) is 10.6. The van der Waals surface area contributed by atoms with Crippen LogP contribution in [0, 0.1) is 6.92 Å². The summed E-state index contributed by atoms with van der Waals surface area (Å²) in [4.78, 5) is 8.71. The van der Waals surface area contributed by atoms with Crippen LogP contribution in [-0.4, -0.2) is 52.4 Å². The van der Waals surface area contributed by atoms with Crippen LogP contribution in [0.15, 0.2) is 23.7 Å². The van der Waals surface area contributed by atoms with E-state index in [4.69, 9.17) is 0 Å². The van der Waals surface area contributed by atoms with Gasteiger partial charge in [-0.05, 0) is 26.1 Å². The van der Waals surface area contributed by atoms with Gasteiger partial charge in [0.25, 0.3) is 0 Å². The lowest BCUT2D eigenvalue weighted by atomic mass is 10.2. The van der Waals surface area contributed by atoms with Crippen molar-refractivity contribution in [3.05, 3.63) is 34.4 Å². The number of thiazole rings is 1. The van der Waals surface area contributed by atoms with Crippen molar-refractivity contribution in [2.45, 2.75) is 32.1 Å². The average molecular weight is 321 g/mol. The normalized spacial score (nSPS) is 21.7. The quantitative estimate of drug-likeness (QED) is 0.845. The number of halogens is 1.